The second-order valence-electron chi connectivity index (χ2n) is 38.5. The third-order valence-electron chi connectivity index (χ3n) is 28.3. The lowest BCUT2D eigenvalue weighted by Crippen LogP contribution is -2.54. The van der Waals surface area contributed by atoms with Gasteiger partial charge in [0.05, 0.1) is 40.6 Å². The van der Waals surface area contributed by atoms with Crippen molar-refractivity contribution in [3.63, 3.8) is 0 Å². The minimum Gasteiger partial charge on any atom is -0.481 e. The molecule has 13 heterocycles. The summed E-state index contributed by atoms with van der Waals surface area (Å²) in [7, 11) is 20.3. The van der Waals surface area contributed by atoms with E-state index < -0.39 is 29.4 Å². The number of likely N-dealkylation sites (tertiary alicyclic amines) is 8. The van der Waals surface area contributed by atoms with Gasteiger partial charge in [-0.25, -0.2) is 14.4 Å². The SMILES string of the molecule is CCCCN1CCN(CC(N)=O)CC1.CN1CCC(CCCC(=O)O)CC1.CN1CCC(N)(C(=O)O)CC1.CN1CCC(n2c(=O)[nH]c3cc(Cl)ccc32)CC1.CN1CCC(n2cc(-c3ccccc3)[nH]c2=O)CC1.CN1CCC2(CC1)CCN(C)C2=O.CN1CCC2(CCNC2=O)CC1.CN1CCNC(C(=O)O)C1.CNC1C=C(C(=O)O)CC1.CNC1CCN(CC(N)=O)CC1. The number of rotatable bonds is 19. The van der Waals surface area contributed by atoms with Crippen LogP contribution in [-0.4, -0.2) is 405 Å². The van der Waals surface area contributed by atoms with Gasteiger partial charge in [0.1, 0.15) is 11.6 Å². The molecule has 2 aromatic heterocycles. The van der Waals surface area contributed by atoms with Crippen molar-refractivity contribution in [3.05, 3.63) is 92.4 Å². The van der Waals surface area contributed by atoms with E-state index in [0.717, 1.165) is 255 Å². The maximum atomic E-state index is 12.1. The van der Waals surface area contributed by atoms with E-state index in [9.17, 15) is 47.9 Å². The standard InChI is InChI=1S/C15H19N3O.C13H16ClN3O.C10H21N3O.C10H18N2O.C10H19NO2.C9H16N2O.C8H17N3O.C7H14N2O2.C7H11NO2.C6H12N2O2/c1-17-9-7-13(8-10-17)18-11-14(16-15(18)19)12-5-3-2-4-6-12;1-16-6-4-10(5-7-16)17-12-3-2-9(14)8-11(12)15-13(17)18;1-2-3-4-12-5-7-13(8-6-12)9-10(11)14;1-11-6-3-10(4-7-11)5-8-12(2)9(10)13;1-11-7-5-9(6-8-11)3-2-4-10(12)13;1-11-6-3-9(4-7-11)2-5-10-8(9)12;1-10-7-2-4-11(5-3-7)6-8(9)12;1-9-4-2-7(8,3-5-9)6(10)11;1-8-6-3-2-5(4-6)7(9)10;1-8-3-2-7-5(4-8)6(9)10/h2-6,11,13H,7-10H2,1H3,(H,16,19);2-3,8,10H,4-7H2,1H3,(H,15,18);2-9H2,1H3,(H2,11,14);3-8H2,1-2H3;9H,2-8H2,1H3,(H,12,13);2-7H2,1H3,(H,10,12);7,10H,2-6H2,1H3,(H2,9,12);2-5,8H2,1H3,(H,10,11);4,6,8H,2-3H2,1H3,(H,9,10);5,7H,2-4H2,1H3,(H,9,10). The van der Waals surface area contributed by atoms with Crippen molar-refractivity contribution >= 4 is 70.1 Å². The van der Waals surface area contributed by atoms with Crippen LogP contribution in [0.1, 0.15) is 167 Å². The Hall–Kier alpha value is -8.05. The number of amides is 4. The number of hydrogen-bond donors (Lipinski definition) is 13. The van der Waals surface area contributed by atoms with E-state index in [1.54, 1.807) is 6.08 Å². The number of H-pyrrole nitrogens is 2. The van der Waals surface area contributed by atoms with Crippen molar-refractivity contribution in [3.8, 4) is 11.3 Å². The summed E-state index contributed by atoms with van der Waals surface area (Å²) in [6.07, 6.45) is 26.5. The Morgan fingerprint density at radius 3 is 1.52 bits per heavy atom. The summed E-state index contributed by atoms with van der Waals surface area (Å²) in [5, 5.41) is 47.1. The number of carbonyl (C=O) groups excluding carboxylic acids is 4. The Bertz CT molecular complexity index is 4290. The van der Waals surface area contributed by atoms with E-state index in [1.165, 1.54) is 45.3 Å². The van der Waals surface area contributed by atoms with E-state index in [2.05, 4.69) is 117 Å². The van der Waals surface area contributed by atoms with Crippen molar-refractivity contribution in [2.45, 2.75) is 190 Å². The lowest BCUT2D eigenvalue weighted by atomic mass is 9.77. The van der Waals surface area contributed by atoms with Gasteiger partial charge >= 0.3 is 35.3 Å². The number of nitrogens with one attached hydrogen (secondary N) is 6. The summed E-state index contributed by atoms with van der Waals surface area (Å²) in [5.74, 6) is -2.04. The number of carbonyl (C=O) groups is 8. The number of fused-ring (bicyclic) bond motifs is 1. The first-order chi connectivity index (χ1) is 62.9. The molecule has 11 aliphatic heterocycles. The third-order valence-corrected chi connectivity index (χ3v) is 28.5. The normalized spacial score (nSPS) is 22.7. The van der Waals surface area contributed by atoms with Crippen LogP contribution in [0.2, 0.25) is 5.02 Å². The highest BCUT2D eigenvalue weighted by atomic mass is 35.5. The molecule has 12 aliphatic rings. The van der Waals surface area contributed by atoms with Crippen LogP contribution in [0.4, 0.5) is 0 Å². The number of aliphatic carboxylic acids is 4. The maximum absolute atomic E-state index is 12.1. The van der Waals surface area contributed by atoms with Crippen LogP contribution in [-0.2, 0) is 38.4 Å². The molecular weight excluding hydrogens is 1710 g/mol. The van der Waals surface area contributed by atoms with Crippen molar-refractivity contribution in [1.29, 1.82) is 0 Å². The highest BCUT2D eigenvalue weighted by Crippen LogP contribution is 2.41. The number of hydrogen-bond acceptors (Lipinski definition) is 24. The van der Waals surface area contributed by atoms with Gasteiger partial charge in [-0.2, -0.15) is 0 Å². The second-order valence-corrected chi connectivity index (χ2v) is 38.9. The zero-order valence-electron chi connectivity index (χ0n) is 81.2. The maximum Gasteiger partial charge on any atom is 0.331 e. The predicted octanol–water partition coefficient (Wildman–Crippen LogP) is 4.61. The van der Waals surface area contributed by atoms with Gasteiger partial charge in [0.25, 0.3) is 0 Å². The average molecular weight is 1870 g/mol. The van der Waals surface area contributed by atoms with Crippen LogP contribution in [0.25, 0.3) is 22.3 Å². The lowest BCUT2D eigenvalue weighted by Gasteiger charge is -2.35. The smallest absolute Gasteiger partial charge is 0.331 e. The van der Waals surface area contributed by atoms with Crippen LogP contribution in [0.3, 0.4) is 0 Å². The molecule has 2 unspecified atom stereocenters. The number of carboxylic acids is 4. The molecule has 11 fully saturated rings. The number of unbranched alkanes of at least 4 members (excludes halogenated alkanes) is 1. The molecule has 11 saturated heterocycles. The molecule has 0 bridgehead atoms. The molecular formula is C95H163ClN22O14. The van der Waals surface area contributed by atoms with Gasteiger partial charge in [0.15, 0.2) is 0 Å². The molecule has 16 N–H and O–H groups in total. The second kappa shape index (κ2) is 56.5. The number of imidazole rings is 2. The number of halogens is 1. The lowest BCUT2D eigenvalue weighted by molar-refractivity contribution is -0.145. The van der Waals surface area contributed by atoms with Gasteiger partial charge in [-0.15, -0.1) is 0 Å². The molecule has 2 atom stereocenters. The predicted molar refractivity (Wildman–Crippen MR) is 520 cm³/mol. The number of piperazine rings is 2. The summed E-state index contributed by atoms with van der Waals surface area (Å²) in [5.41, 5.74) is 19.2. The fourth-order valence-corrected chi connectivity index (χ4v) is 19.0. The third kappa shape index (κ3) is 37.2. The number of primary amides is 2. The zero-order valence-corrected chi connectivity index (χ0v) is 81.9. The minimum atomic E-state index is -0.966. The highest BCUT2D eigenvalue weighted by Gasteiger charge is 2.47. The van der Waals surface area contributed by atoms with Gasteiger partial charge in [-0.3, -0.25) is 52.5 Å². The summed E-state index contributed by atoms with van der Waals surface area (Å²) in [4.78, 5) is 141. The molecule has 0 radical (unpaired) electrons. The highest BCUT2D eigenvalue weighted by molar-refractivity contribution is 6.31. The van der Waals surface area contributed by atoms with Crippen molar-refractivity contribution in [2.75, 3.05) is 241 Å². The zero-order chi connectivity index (χ0) is 96.7. The van der Waals surface area contributed by atoms with Crippen molar-refractivity contribution in [1.82, 2.24) is 94.3 Å². The van der Waals surface area contributed by atoms with Gasteiger partial charge < -0.3 is 113 Å². The molecule has 36 nitrogen and oxygen atoms in total. The van der Waals surface area contributed by atoms with Crippen molar-refractivity contribution < 1.29 is 58.8 Å². The van der Waals surface area contributed by atoms with Gasteiger partial charge in [0.2, 0.25) is 23.6 Å². The summed E-state index contributed by atoms with van der Waals surface area (Å²) in [6.45, 7) is 26.9. The van der Waals surface area contributed by atoms with Gasteiger partial charge in [0, 0.05) is 140 Å². The van der Waals surface area contributed by atoms with Gasteiger partial charge in [-0.1, -0.05) is 61.4 Å². The van der Waals surface area contributed by atoms with E-state index >= 15 is 0 Å². The number of carboxylic acid groups (broad SMARTS) is 4. The van der Waals surface area contributed by atoms with E-state index in [4.69, 9.17) is 49.2 Å². The first-order valence-corrected chi connectivity index (χ1v) is 48.6. The van der Waals surface area contributed by atoms with E-state index in [-0.39, 0.29) is 46.1 Å². The Morgan fingerprint density at radius 2 is 1.06 bits per heavy atom. The summed E-state index contributed by atoms with van der Waals surface area (Å²) >= 11 is 5.95. The van der Waals surface area contributed by atoms with Crippen molar-refractivity contribution in [2.24, 2.45) is 33.9 Å². The number of aromatic nitrogens is 4. The van der Waals surface area contributed by atoms with E-state index in [1.807, 2.05) is 109 Å². The number of benzene rings is 2. The van der Waals surface area contributed by atoms with Crippen LogP contribution < -0.4 is 49.8 Å². The average Bonchev–Trinajstić information content (AvgIpc) is 1.63. The quantitative estimate of drug-likeness (QED) is 0.0609. The molecule has 16 rings (SSSR count). The molecule has 2 spiro atoms. The molecule has 132 heavy (non-hydrogen) atoms. The van der Waals surface area contributed by atoms with Gasteiger partial charge in [-0.05, 0) is 300 Å². The van der Waals surface area contributed by atoms with Crippen LogP contribution in [0, 0.1) is 16.7 Å². The number of aromatic amines is 2. The fraction of sp³-hybridized carbons (Fsp3) is 0.726. The first kappa shape index (κ1) is 111. The minimum absolute atomic E-state index is 0.00778. The monoisotopic (exact) mass is 1870 g/mol. The Labute approximate surface area is 787 Å². The molecule has 744 valence electrons. The molecule has 4 amide bonds. The molecule has 1 aliphatic carbocycles. The van der Waals surface area contributed by atoms with Crippen LogP contribution in [0.15, 0.2) is 76.0 Å². The number of likely N-dealkylation sites (N-methyl/N-ethyl adjacent to an activating group) is 2. The summed E-state index contributed by atoms with van der Waals surface area (Å²) < 4.78 is 3.76. The Kier molecular flexibility index (Phi) is 47.5. The molecule has 2 aromatic carbocycles. The largest absolute Gasteiger partial charge is 0.481 e. The number of nitrogens with two attached hydrogens (primary N) is 3. The molecule has 37 heteroatoms. The number of nitrogens with zero attached hydrogens (tertiary/aromatic N) is 13. The summed E-state index contributed by atoms with van der Waals surface area (Å²) in [6, 6.07) is 16.7. The topological polar surface area (TPSA) is 455 Å². The first-order valence-electron chi connectivity index (χ1n) is 48.2. The van der Waals surface area contributed by atoms with Crippen LogP contribution >= 0.6 is 11.6 Å². The molecule has 0 saturated carbocycles. The van der Waals surface area contributed by atoms with Crippen LogP contribution in [0.5, 0.6) is 0 Å². The Balaban J connectivity index is 0.000000202. The Morgan fingerprint density at radius 1 is 0.538 bits per heavy atom. The van der Waals surface area contributed by atoms with E-state index in [0.29, 0.717) is 85.9 Å². The fourth-order valence-electron chi connectivity index (χ4n) is 18.9. The molecule has 4 aromatic rings. The number of piperidine rings is 7.